The van der Waals surface area contributed by atoms with Crippen molar-refractivity contribution in [3.8, 4) is 0 Å². The summed E-state index contributed by atoms with van der Waals surface area (Å²) in [4.78, 5) is 0. The van der Waals surface area contributed by atoms with E-state index in [1.54, 1.807) is 18.3 Å². The first-order valence-electron chi connectivity index (χ1n) is 5.48. The number of hydrogen-bond acceptors (Lipinski definition) is 3. The summed E-state index contributed by atoms with van der Waals surface area (Å²) in [7, 11) is 0. The number of anilines is 2. The fourth-order valence-electron chi connectivity index (χ4n) is 1.67. The lowest BCUT2D eigenvalue weighted by atomic mass is 10.1. The van der Waals surface area contributed by atoms with Crippen LogP contribution in [0.3, 0.4) is 0 Å². The van der Waals surface area contributed by atoms with E-state index in [0.717, 1.165) is 11.3 Å². The highest BCUT2D eigenvalue weighted by molar-refractivity contribution is 5.58. The van der Waals surface area contributed by atoms with Gasteiger partial charge in [0.15, 0.2) is 0 Å². The Morgan fingerprint density at radius 3 is 2.83 bits per heavy atom. The molecule has 1 heterocycles. The maximum Gasteiger partial charge on any atom is 0.265 e. The Morgan fingerprint density at radius 1 is 1.44 bits per heavy atom. The standard InChI is InChI=1S/C12H14F2N4/c1-7-8(6-17-18-7)5-16-11-3-2-9(15)4-10(11)12(13)14/h2-4,6,12,16H,5,15H2,1H3,(H,17,18). The van der Waals surface area contributed by atoms with Crippen molar-refractivity contribution in [3.05, 3.63) is 41.2 Å². The number of nitrogens with zero attached hydrogens (tertiary/aromatic N) is 1. The highest BCUT2D eigenvalue weighted by Gasteiger charge is 2.13. The van der Waals surface area contributed by atoms with Gasteiger partial charge in [0.05, 0.1) is 6.20 Å². The quantitative estimate of drug-likeness (QED) is 0.733. The SMILES string of the molecule is Cc1[nH]ncc1CNc1ccc(N)cc1C(F)F. The molecule has 0 amide bonds. The van der Waals surface area contributed by atoms with E-state index in [1.165, 1.54) is 6.07 Å². The normalized spacial score (nSPS) is 10.9. The first-order chi connectivity index (χ1) is 8.58. The first kappa shape index (κ1) is 12.3. The van der Waals surface area contributed by atoms with Crippen LogP contribution in [0.5, 0.6) is 0 Å². The Morgan fingerprint density at radius 2 is 2.22 bits per heavy atom. The molecule has 4 N–H and O–H groups in total. The van der Waals surface area contributed by atoms with E-state index in [4.69, 9.17) is 5.73 Å². The fraction of sp³-hybridized carbons (Fsp3) is 0.250. The molecule has 0 aliphatic heterocycles. The number of benzene rings is 1. The highest BCUT2D eigenvalue weighted by atomic mass is 19.3. The van der Waals surface area contributed by atoms with Crippen molar-refractivity contribution in [1.29, 1.82) is 0 Å². The van der Waals surface area contributed by atoms with Crippen LogP contribution in [0.2, 0.25) is 0 Å². The lowest BCUT2D eigenvalue weighted by molar-refractivity contribution is 0.152. The lowest BCUT2D eigenvalue weighted by Gasteiger charge is -2.12. The molecule has 1 aromatic carbocycles. The minimum Gasteiger partial charge on any atom is -0.399 e. The summed E-state index contributed by atoms with van der Waals surface area (Å²) in [6.07, 6.45) is -0.886. The summed E-state index contributed by atoms with van der Waals surface area (Å²) in [6, 6.07) is 4.44. The van der Waals surface area contributed by atoms with E-state index in [1.807, 2.05) is 6.92 Å². The number of aromatic nitrogens is 2. The number of rotatable bonds is 4. The molecule has 0 aliphatic rings. The predicted octanol–water partition coefficient (Wildman–Crippen LogP) is 2.85. The average molecular weight is 252 g/mol. The second-order valence-corrected chi connectivity index (χ2v) is 4.02. The molecular weight excluding hydrogens is 238 g/mol. The molecule has 1 aromatic heterocycles. The first-order valence-corrected chi connectivity index (χ1v) is 5.48. The van der Waals surface area contributed by atoms with Gasteiger partial charge in [-0.15, -0.1) is 0 Å². The number of hydrogen-bond donors (Lipinski definition) is 3. The molecule has 0 fully saturated rings. The van der Waals surface area contributed by atoms with E-state index >= 15 is 0 Å². The van der Waals surface area contributed by atoms with Gasteiger partial charge in [-0.3, -0.25) is 5.10 Å². The zero-order chi connectivity index (χ0) is 13.1. The smallest absolute Gasteiger partial charge is 0.265 e. The fourth-order valence-corrected chi connectivity index (χ4v) is 1.67. The molecule has 96 valence electrons. The van der Waals surface area contributed by atoms with Crippen LogP contribution in [0.4, 0.5) is 20.2 Å². The molecule has 0 spiro atoms. The van der Waals surface area contributed by atoms with Crippen molar-refractivity contribution < 1.29 is 8.78 Å². The number of alkyl halides is 2. The number of aryl methyl sites for hydroxylation is 1. The van der Waals surface area contributed by atoms with Gasteiger partial charge in [0.25, 0.3) is 6.43 Å². The van der Waals surface area contributed by atoms with Gasteiger partial charge in [-0.25, -0.2) is 8.78 Å². The van der Waals surface area contributed by atoms with Gasteiger partial charge in [-0.1, -0.05) is 0 Å². The van der Waals surface area contributed by atoms with Crippen LogP contribution in [-0.4, -0.2) is 10.2 Å². The summed E-state index contributed by atoms with van der Waals surface area (Å²) in [6.45, 7) is 2.31. The monoisotopic (exact) mass is 252 g/mol. The number of nitrogens with one attached hydrogen (secondary N) is 2. The zero-order valence-electron chi connectivity index (χ0n) is 9.87. The third-order valence-corrected chi connectivity index (χ3v) is 2.71. The zero-order valence-corrected chi connectivity index (χ0v) is 9.87. The van der Waals surface area contributed by atoms with Crippen LogP contribution < -0.4 is 11.1 Å². The van der Waals surface area contributed by atoms with Gasteiger partial charge in [0, 0.05) is 34.7 Å². The van der Waals surface area contributed by atoms with Crippen LogP contribution in [0.15, 0.2) is 24.4 Å². The number of halogens is 2. The molecule has 0 unspecified atom stereocenters. The molecule has 2 rings (SSSR count). The van der Waals surface area contributed by atoms with Gasteiger partial charge in [0.1, 0.15) is 0 Å². The Bertz CT molecular complexity index is 537. The maximum absolute atomic E-state index is 12.8. The summed E-state index contributed by atoms with van der Waals surface area (Å²) in [5, 5.41) is 9.64. The molecule has 18 heavy (non-hydrogen) atoms. The molecule has 0 saturated carbocycles. The molecule has 6 heteroatoms. The van der Waals surface area contributed by atoms with E-state index in [-0.39, 0.29) is 5.56 Å². The third-order valence-electron chi connectivity index (χ3n) is 2.71. The van der Waals surface area contributed by atoms with Crippen LogP contribution in [0, 0.1) is 6.92 Å². The van der Waals surface area contributed by atoms with Crippen LogP contribution >= 0.6 is 0 Å². The van der Waals surface area contributed by atoms with E-state index in [9.17, 15) is 8.78 Å². The maximum atomic E-state index is 12.8. The molecular formula is C12H14F2N4. The van der Waals surface area contributed by atoms with Crippen molar-refractivity contribution >= 4 is 11.4 Å². The number of H-pyrrole nitrogens is 1. The largest absolute Gasteiger partial charge is 0.399 e. The topological polar surface area (TPSA) is 66.7 Å². The van der Waals surface area contributed by atoms with Crippen molar-refractivity contribution in [3.63, 3.8) is 0 Å². The molecule has 0 bridgehead atoms. The minimum absolute atomic E-state index is 0.0869. The number of nitrogens with two attached hydrogens (primary N) is 1. The second kappa shape index (κ2) is 5.03. The second-order valence-electron chi connectivity index (χ2n) is 4.02. The Labute approximate surface area is 103 Å². The van der Waals surface area contributed by atoms with Gasteiger partial charge in [0.2, 0.25) is 0 Å². The summed E-state index contributed by atoms with van der Waals surface area (Å²) < 4.78 is 25.7. The van der Waals surface area contributed by atoms with Crippen LogP contribution in [-0.2, 0) is 6.54 Å². The summed E-state index contributed by atoms with van der Waals surface area (Å²) >= 11 is 0. The Balaban J connectivity index is 2.16. The Hall–Kier alpha value is -2.11. The van der Waals surface area contributed by atoms with E-state index in [0.29, 0.717) is 17.9 Å². The predicted molar refractivity (Wildman–Crippen MR) is 66.5 cm³/mol. The van der Waals surface area contributed by atoms with Gasteiger partial charge >= 0.3 is 0 Å². The highest BCUT2D eigenvalue weighted by Crippen LogP contribution is 2.29. The van der Waals surface area contributed by atoms with Crippen molar-refractivity contribution in [2.45, 2.75) is 19.9 Å². The molecule has 4 nitrogen and oxygen atoms in total. The number of aromatic amines is 1. The third kappa shape index (κ3) is 2.58. The Kier molecular flexibility index (Phi) is 3.45. The average Bonchev–Trinajstić information content (AvgIpc) is 2.73. The molecule has 0 atom stereocenters. The van der Waals surface area contributed by atoms with Crippen LogP contribution in [0.1, 0.15) is 23.2 Å². The van der Waals surface area contributed by atoms with Gasteiger partial charge < -0.3 is 11.1 Å². The summed E-state index contributed by atoms with van der Waals surface area (Å²) in [5.41, 5.74) is 7.99. The molecule has 0 aliphatic carbocycles. The molecule has 0 saturated heterocycles. The van der Waals surface area contributed by atoms with Crippen molar-refractivity contribution in [2.24, 2.45) is 0 Å². The van der Waals surface area contributed by atoms with E-state index < -0.39 is 6.43 Å². The summed E-state index contributed by atoms with van der Waals surface area (Å²) in [5.74, 6) is 0. The van der Waals surface area contributed by atoms with Crippen molar-refractivity contribution in [2.75, 3.05) is 11.1 Å². The van der Waals surface area contributed by atoms with Crippen molar-refractivity contribution in [1.82, 2.24) is 10.2 Å². The lowest BCUT2D eigenvalue weighted by Crippen LogP contribution is -2.04. The molecule has 2 aromatic rings. The van der Waals surface area contributed by atoms with E-state index in [2.05, 4.69) is 15.5 Å². The molecule has 0 radical (unpaired) electrons. The van der Waals surface area contributed by atoms with Gasteiger partial charge in [-0.2, -0.15) is 5.10 Å². The number of nitrogen functional groups attached to an aromatic ring is 1. The van der Waals surface area contributed by atoms with Crippen LogP contribution in [0.25, 0.3) is 0 Å². The minimum atomic E-state index is -2.55. The van der Waals surface area contributed by atoms with Gasteiger partial charge in [-0.05, 0) is 25.1 Å².